The minimum Gasteiger partial charge on any atom is -0.360 e. The Labute approximate surface area is 116 Å². The maximum atomic E-state index is 5.85. The van der Waals surface area contributed by atoms with Crippen molar-refractivity contribution in [2.24, 2.45) is 0 Å². The number of nitrogens with one attached hydrogen (secondary N) is 1. The van der Waals surface area contributed by atoms with Crippen LogP contribution >= 0.6 is 23.1 Å². The number of hydrogen-bond acceptors (Lipinski definition) is 4. The van der Waals surface area contributed by atoms with E-state index in [-0.39, 0.29) is 0 Å². The molecule has 0 atom stereocenters. The van der Waals surface area contributed by atoms with Crippen LogP contribution < -0.4 is 5.32 Å². The Morgan fingerprint density at radius 3 is 2.78 bits per heavy atom. The molecular formula is C13H16ClN3S. The lowest BCUT2D eigenvalue weighted by Crippen LogP contribution is -2.00. The number of benzene rings is 1. The Kier molecular flexibility index (Phi) is 4.96. The lowest BCUT2D eigenvalue weighted by Gasteiger charge is -1.99. The zero-order chi connectivity index (χ0) is 12.8. The monoisotopic (exact) mass is 281 g/mol. The van der Waals surface area contributed by atoms with Crippen molar-refractivity contribution in [1.29, 1.82) is 0 Å². The number of hydrogen-bond donors (Lipinski definition) is 1. The van der Waals surface area contributed by atoms with Gasteiger partial charge >= 0.3 is 0 Å². The summed E-state index contributed by atoms with van der Waals surface area (Å²) in [5.74, 6) is 0.862. The molecule has 2 aromatic rings. The van der Waals surface area contributed by atoms with Crippen molar-refractivity contribution in [3.05, 3.63) is 40.7 Å². The van der Waals surface area contributed by atoms with Crippen LogP contribution in [0.4, 0.5) is 5.13 Å². The predicted octanol–water partition coefficient (Wildman–Crippen LogP) is 3.99. The van der Waals surface area contributed by atoms with Crippen LogP contribution in [0.5, 0.6) is 0 Å². The van der Waals surface area contributed by atoms with Gasteiger partial charge in [-0.2, -0.15) is 4.37 Å². The summed E-state index contributed by atoms with van der Waals surface area (Å²) in [7, 11) is 0. The van der Waals surface area contributed by atoms with E-state index in [4.69, 9.17) is 11.6 Å². The number of halogens is 1. The van der Waals surface area contributed by atoms with Gasteiger partial charge in [0.05, 0.1) is 0 Å². The normalized spacial score (nSPS) is 10.6. The Bertz CT molecular complexity index is 481. The third-order valence-electron chi connectivity index (χ3n) is 2.55. The summed E-state index contributed by atoms with van der Waals surface area (Å²) in [6.45, 7) is 3.14. The Morgan fingerprint density at radius 2 is 2.06 bits per heavy atom. The molecule has 1 heterocycles. The molecule has 0 aliphatic carbocycles. The standard InChI is InChI=1S/C13H16ClN3S/c1-2-3-8-15-13-16-12(17-18-13)9-10-4-6-11(14)7-5-10/h4-7H,2-3,8-9H2,1H3,(H,15,16,17). The van der Waals surface area contributed by atoms with E-state index < -0.39 is 0 Å². The number of anilines is 1. The molecule has 0 aliphatic heterocycles. The Balaban J connectivity index is 1.91. The molecule has 18 heavy (non-hydrogen) atoms. The first-order valence-electron chi connectivity index (χ1n) is 6.09. The van der Waals surface area contributed by atoms with Crippen LogP contribution in [0.2, 0.25) is 5.02 Å². The van der Waals surface area contributed by atoms with Gasteiger partial charge in [0.25, 0.3) is 0 Å². The predicted molar refractivity (Wildman–Crippen MR) is 77.6 cm³/mol. The third-order valence-corrected chi connectivity index (χ3v) is 3.51. The van der Waals surface area contributed by atoms with Crippen LogP contribution in [0.1, 0.15) is 31.2 Å². The zero-order valence-electron chi connectivity index (χ0n) is 10.3. The molecule has 1 N–H and O–H groups in total. The van der Waals surface area contributed by atoms with Gasteiger partial charge < -0.3 is 5.32 Å². The van der Waals surface area contributed by atoms with Crippen LogP contribution in [-0.4, -0.2) is 15.9 Å². The van der Waals surface area contributed by atoms with Gasteiger partial charge in [0.15, 0.2) is 0 Å². The van der Waals surface area contributed by atoms with Gasteiger partial charge in [-0.3, -0.25) is 0 Å². The summed E-state index contributed by atoms with van der Waals surface area (Å²) in [5, 5.41) is 4.95. The average Bonchev–Trinajstić information content (AvgIpc) is 2.80. The molecule has 0 fully saturated rings. The maximum absolute atomic E-state index is 5.85. The van der Waals surface area contributed by atoms with E-state index in [1.54, 1.807) is 0 Å². The quantitative estimate of drug-likeness (QED) is 0.814. The third kappa shape index (κ3) is 3.96. The smallest absolute Gasteiger partial charge is 0.202 e. The Hall–Kier alpha value is -1.13. The van der Waals surface area contributed by atoms with Crippen LogP contribution in [0.3, 0.4) is 0 Å². The minimum absolute atomic E-state index is 0.753. The molecule has 96 valence electrons. The van der Waals surface area contributed by atoms with E-state index in [0.29, 0.717) is 0 Å². The lowest BCUT2D eigenvalue weighted by atomic mass is 10.1. The highest BCUT2D eigenvalue weighted by Gasteiger charge is 2.04. The molecule has 1 aromatic heterocycles. The molecule has 0 saturated carbocycles. The zero-order valence-corrected chi connectivity index (χ0v) is 11.9. The highest BCUT2D eigenvalue weighted by molar-refractivity contribution is 7.09. The molecule has 3 nitrogen and oxygen atoms in total. The van der Waals surface area contributed by atoms with Gasteiger partial charge in [-0.05, 0) is 24.1 Å². The molecule has 2 rings (SSSR count). The second-order valence-corrected chi connectivity index (χ2v) is 5.29. The molecular weight excluding hydrogens is 266 g/mol. The molecule has 5 heteroatoms. The molecule has 0 unspecified atom stereocenters. The summed E-state index contributed by atoms with van der Waals surface area (Å²) >= 11 is 7.27. The van der Waals surface area contributed by atoms with Crippen molar-refractivity contribution >= 4 is 28.3 Å². The average molecular weight is 282 g/mol. The van der Waals surface area contributed by atoms with Crippen molar-refractivity contribution in [1.82, 2.24) is 9.36 Å². The lowest BCUT2D eigenvalue weighted by molar-refractivity contribution is 0.832. The molecule has 0 radical (unpaired) electrons. The fraction of sp³-hybridized carbons (Fsp3) is 0.385. The highest BCUT2D eigenvalue weighted by Crippen LogP contribution is 2.16. The largest absolute Gasteiger partial charge is 0.360 e. The number of aromatic nitrogens is 2. The number of nitrogens with zero attached hydrogens (tertiary/aromatic N) is 2. The highest BCUT2D eigenvalue weighted by atomic mass is 35.5. The second-order valence-electron chi connectivity index (χ2n) is 4.10. The van der Waals surface area contributed by atoms with Gasteiger partial charge in [-0.1, -0.05) is 37.1 Å². The SMILES string of the molecule is CCCCNc1nc(Cc2ccc(Cl)cc2)ns1. The van der Waals surface area contributed by atoms with E-state index in [0.717, 1.165) is 35.4 Å². The van der Waals surface area contributed by atoms with Crippen molar-refractivity contribution in [2.45, 2.75) is 26.2 Å². The van der Waals surface area contributed by atoms with Crippen molar-refractivity contribution < 1.29 is 0 Å². The molecule has 0 saturated heterocycles. The Morgan fingerprint density at radius 1 is 1.28 bits per heavy atom. The summed E-state index contributed by atoms with van der Waals surface area (Å²) in [6, 6.07) is 7.80. The molecule has 0 aliphatic rings. The van der Waals surface area contributed by atoms with Crippen LogP contribution in [-0.2, 0) is 6.42 Å². The van der Waals surface area contributed by atoms with E-state index >= 15 is 0 Å². The van der Waals surface area contributed by atoms with Gasteiger partial charge in [0.2, 0.25) is 5.13 Å². The molecule has 1 aromatic carbocycles. The van der Waals surface area contributed by atoms with E-state index in [2.05, 4.69) is 21.6 Å². The summed E-state index contributed by atoms with van der Waals surface area (Å²) in [6.07, 6.45) is 3.10. The summed E-state index contributed by atoms with van der Waals surface area (Å²) < 4.78 is 4.35. The van der Waals surface area contributed by atoms with E-state index in [1.165, 1.54) is 23.5 Å². The van der Waals surface area contributed by atoms with Crippen molar-refractivity contribution in [3.8, 4) is 0 Å². The van der Waals surface area contributed by atoms with Gasteiger partial charge in [0.1, 0.15) is 5.82 Å². The van der Waals surface area contributed by atoms with E-state index in [9.17, 15) is 0 Å². The molecule has 0 bridgehead atoms. The first-order valence-corrected chi connectivity index (χ1v) is 7.24. The second kappa shape index (κ2) is 6.71. The molecule has 0 amide bonds. The summed E-state index contributed by atoms with van der Waals surface area (Å²) in [5.41, 5.74) is 1.18. The van der Waals surface area contributed by atoms with Gasteiger partial charge in [-0.25, -0.2) is 4.98 Å². The van der Waals surface area contributed by atoms with Crippen LogP contribution in [0.25, 0.3) is 0 Å². The number of unbranched alkanes of at least 4 members (excludes halogenated alkanes) is 1. The first-order chi connectivity index (χ1) is 8.78. The van der Waals surface area contributed by atoms with Crippen LogP contribution in [0.15, 0.2) is 24.3 Å². The number of rotatable bonds is 6. The topological polar surface area (TPSA) is 37.8 Å². The van der Waals surface area contributed by atoms with Crippen molar-refractivity contribution in [2.75, 3.05) is 11.9 Å². The van der Waals surface area contributed by atoms with Crippen molar-refractivity contribution in [3.63, 3.8) is 0 Å². The fourth-order valence-electron chi connectivity index (χ4n) is 1.55. The molecule has 0 spiro atoms. The van der Waals surface area contributed by atoms with Gasteiger partial charge in [-0.15, -0.1) is 0 Å². The first kappa shape index (κ1) is 13.3. The minimum atomic E-state index is 0.753. The summed E-state index contributed by atoms with van der Waals surface area (Å²) in [4.78, 5) is 4.46. The van der Waals surface area contributed by atoms with Gasteiger partial charge in [0, 0.05) is 29.5 Å². The van der Waals surface area contributed by atoms with E-state index in [1.807, 2.05) is 24.3 Å². The van der Waals surface area contributed by atoms with Crippen LogP contribution in [0, 0.1) is 0 Å². The maximum Gasteiger partial charge on any atom is 0.202 e. The fourth-order valence-corrected chi connectivity index (χ4v) is 2.29.